The first-order chi connectivity index (χ1) is 13.7. The van der Waals surface area contributed by atoms with Crippen molar-refractivity contribution in [2.45, 2.75) is 17.9 Å². The molecule has 1 atom stereocenters. The number of hydrogen-bond donors (Lipinski definition) is 3. The first-order valence-electron chi connectivity index (χ1n) is 8.56. The molecule has 154 valence electrons. The largest absolute Gasteiger partial charge is 0.446 e. The predicted molar refractivity (Wildman–Crippen MR) is 104 cm³/mol. The summed E-state index contributed by atoms with van der Waals surface area (Å²) >= 11 is 0. The van der Waals surface area contributed by atoms with Crippen LogP contribution in [0.1, 0.15) is 17.2 Å². The van der Waals surface area contributed by atoms with E-state index in [0.717, 1.165) is 5.56 Å². The van der Waals surface area contributed by atoms with Crippen molar-refractivity contribution in [3.05, 3.63) is 65.7 Å². The van der Waals surface area contributed by atoms with Crippen molar-refractivity contribution < 1.29 is 27.5 Å². The number of carbonyl (C=O) groups excluding carboxylic acids is 3. The van der Waals surface area contributed by atoms with E-state index in [1.165, 1.54) is 31.3 Å². The molecule has 0 aliphatic carbocycles. The highest BCUT2D eigenvalue weighted by Gasteiger charge is 2.27. The van der Waals surface area contributed by atoms with Gasteiger partial charge in [0.2, 0.25) is 16.1 Å². The lowest BCUT2D eigenvalue weighted by Gasteiger charge is -2.17. The number of aryl methyl sites for hydroxylation is 1. The van der Waals surface area contributed by atoms with Gasteiger partial charge >= 0.3 is 12.0 Å². The van der Waals surface area contributed by atoms with E-state index in [4.69, 9.17) is 4.74 Å². The SMILES string of the molecule is CNC(=O)NC(=O)[C@@H](OC(=O)CNS(=O)(=O)c1ccc(C)cc1)c1ccccc1. The van der Waals surface area contributed by atoms with Gasteiger partial charge in [-0.15, -0.1) is 0 Å². The van der Waals surface area contributed by atoms with Crippen LogP contribution in [0.25, 0.3) is 0 Å². The lowest BCUT2D eigenvalue weighted by atomic mass is 10.1. The summed E-state index contributed by atoms with van der Waals surface area (Å²) in [6.45, 7) is 1.13. The molecule has 0 bridgehead atoms. The smallest absolute Gasteiger partial charge is 0.322 e. The fraction of sp³-hybridized carbons (Fsp3) is 0.211. The molecule has 9 nitrogen and oxygen atoms in total. The zero-order chi connectivity index (χ0) is 21.4. The van der Waals surface area contributed by atoms with Crippen LogP contribution in [0.2, 0.25) is 0 Å². The minimum Gasteiger partial charge on any atom is -0.446 e. The molecule has 29 heavy (non-hydrogen) atoms. The molecule has 2 aromatic rings. The van der Waals surface area contributed by atoms with Crippen molar-refractivity contribution in [3.8, 4) is 0 Å². The monoisotopic (exact) mass is 419 g/mol. The van der Waals surface area contributed by atoms with Gasteiger partial charge in [-0.05, 0) is 19.1 Å². The van der Waals surface area contributed by atoms with Crippen molar-refractivity contribution >= 4 is 27.9 Å². The van der Waals surface area contributed by atoms with Crippen LogP contribution in [-0.4, -0.2) is 39.9 Å². The summed E-state index contributed by atoms with van der Waals surface area (Å²) in [6, 6.07) is 13.3. The molecule has 3 amide bonds. The Morgan fingerprint density at radius 1 is 1.00 bits per heavy atom. The highest BCUT2D eigenvalue weighted by atomic mass is 32.2. The molecule has 0 saturated heterocycles. The third-order valence-electron chi connectivity index (χ3n) is 3.79. The highest BCUT2D eigenvalue weighted by Crippen LogP contribution is 2.18. The summed E-state index contributed by atoms with van der Waals surface area (Å²) in [7, 11) is -2.61. The van der Waals surface area contributed by atoms with Crippen molar-refractivity contribution in [1.82, 2.24) is 15.4 Å². The second-order valence-electron chi connectivity index (χ2n) is 5.99. The summed E-state index contributed by atoms with van der Waals surface area (Å²) in [5.41, 5.74) is 1.21. The number of amides is 3. The molecule has 3 N–H and O–H groups in total. The lowest BCUT2D eigenvalue weighted by molar-refractivity contribution is -0.155. The molecule has 0 radical (unpaired) electrons. The summed E-state index contributed by atoms with van der Waals surface area (Å²) in [5.74, 6) is -1.85. The number of nitrogens with one attached hydrogen (secondary N) is 3. The average Bonchev–Trinajstić information content (AvgIpc) is 2.71. The Labute approximate surface area is 168 Å². The van der Waals surface area contributed by atoms with Crippen LogP contribution in [0.4, 0.5) is 4.79 Å². The van der Waals surface area contributed by atoms with Gasteiger partial charge < -0.3 is 10.1 Å². The number of urea groups is 1. The third-order valence-corrected chi connectivity index (χ3v) is 5.21. The van der Waals surface area contributed by atoms with Gasteiger partial charge in [0.15, 0.2) is 0 Å². The van der Waals surface area contributed by atoms with E-state index in [0.29, 0.717) is 5.56 Å². The number of carbonyl (C=O) groups is 3. The maximum absolute atomic E-state index is 12.3. The van der Waals surface area contributed by atoms with Crippen molar-refractivity contribution in [1.29, 1.82) is 0 Å². The molecule has 0 aliphatic rings. The minimum absolute atomic E-state index is 0.00660. The fourth-order valence-corrected chi connectivity index (χ4v) is 3.24. The molecule has 2 rings (SSSR count). The summed E-state index contributed by atoms with van der Waals surface area (Å²) in [6.07, 6.45) is -1.43. The van der Waals surface area contributed by atoms with E-state index in [1.807, 2.05) is 12.2 Å². The third kappa shape index (κ3) is 6.40. The Hall–Kier alpha value is -3.24. The average molecular weight is 419 g/mol. The molecule has 0 aliphatic heterocycles. The Bertz CT molecular complexity index is 975. The number of ether oxygens (including phenoxy) is 1. The Morgan fingerprint density at radius 2 is 1.62 bits per heavy atom. The van der Waals surface area contributed by atoms with Crippen LogP contribution in [0.3, 0.4) is 0 Å². The minimum atomic E-state index is -3.93. The molecule has 0 fully saturated rings. The molecule has 0 heterocycles. The fourth-order valence-electron chi connectivity index (χ4n) is 2.27. The quantitative estimate of drug-likeness (QED) is 0.574. The van der Waals surface area contributed by atoms with Gasteiger partial charge in [0.1, 0.15) is 6.54 Å². The second-order valence-corrected chi connectivity index (χ2v) is 7.75. The maximum Gasteiger partial charge on any atom is 0.322 e. The van der Waals surface area contributed by atoms with Crippen molar-refractivity contribution in [3.63, 3.8) is 0 Å². The summed E-state index contributed by atoms with van der Waals surface area (Å²) in [4.78, 5) is 35.9. The molecule has 0 unspecified atom stereocenters. The summed E-state index contributed by atoms with van der Waals surface area (Å²) < 4.78 is 31.8. The number of hydrogen-bond acceptors (Lipinski definition) is 6. The molecule has 0 spiro atoms. The zero-order valence-corrected chi connectivity index (χ0v) is 16.7. The van der Waals surface area contributed by atoms with Crippen LogP contribution in [-0.2, 0) is 24.3 Å². The van der Waals surface area contributed by atoms with E-state index in [1.54, 1.807) is 30.3 Å². The lowest BCUT2D eigenvalue weighted by Crippen LogP contribution is -2.42. The molecular formula is C19H21N3O6S. The van der Waals surface area contributed by atoms with E-state index >= 15 is 0 Å². The molecule has 2 aromatic carbocycles. The second kappa shape index (κ2) is 9.80. The number of benzene rings is 2. The van der Waals surface area contributed by atoms with Gasteiger partial charge in [-0.1, -0.05) is 48.0 Å². The molecule has 0 saturated carbocycles. The van der Waals surface area contributed by atoms with Crippen LogP contribution in [0.5, 0.6) is 0 Å². The van der Waals surface area contributed by atoms with E-state index in [-0.39, 0.29) is 4.90 Å². The standard InChI is InChI=1S/C19H21N3O6S/c1-13-8-10-15(11-9-13)29(26,27)21-12-16(23)28-17(14-6-4-3-5-7-14)18(24)22-19(25)20-2/h3-11,17,21H,12H2,1-2H3,(H2,20,22,24,25)/t17-/m0/s1. The summed E-state index contributed by atoms with van der Waals surface area (Å²) in [5, 5.41) is 4.25. The normalized spacial score (nSPS) is 11.9. The van der Waals surface area contributed by atoms with Gasteiger partial charge in [0.25, 0.3) is 5.91 Å². The van der Waals surface area contributed by atoms with Gasteiger partial charge in [0, 0.05) is 12.6 Å². The maximum atomic E-state index is 12.3. The highest BCUT2D eigenvalue weighted by molar-refractivity contribution is 7.89. The van der Waals surface area contributed by atoms with Crippen molar-refractivity contribution in [2.24, 2.45) is 0 Å². The first-order valence-corrected chi connectivity index (χ1v) is 10.0. The topological polar surface area (TPSA) is 131 Å². The van der Waals surface area contributed by atoms with Crippen LogP contribution >= 0.6 is 0 Å². The van der Waals surface area contributed by atoms with Crippen LogP contribution in [0.15, 0.2) is 59.5 Å². The van der Waals surface area contributed by atoms with Gasteiger partial charge in [0.05, 0.1) is 4.90 Å². The van der Waals surface area contributed by atoms with Gasteiger partial charge in [-0.2, -0.15) is 4.72 Å². The first kappa shape index (κ1) is 22.1. The molecule has 10 heteroatoms. The number of rotatable bonds is 7. The van der Waals surface area contributed by atoms with Gasteiger partial charge in [-0.3, -0.25) is 14.9 Å². The van der Waals surface area contributed by atoms with Gasteiger partial charge in [-0.25, -0.2) is 13.2 Å². The zero-order valence-electron chi connectivity index (χ0n) is 15.8. The van der Waals surface area contributed by atoms with Crippen LogP contribution < -0.4 is 15.4 Å². The number of imide groups is 1. The van der Waals surface area contributed by atoms with Crippen molar-refractivity contribution in [2.75, 3.05) is 13.6 Å². The Balaban J connectivity index is 2.08. The number of esters is 1. The Morgan fingerprint density at radius 3 is 2.21 bits per heavy atom. The van der Waals surface area contributed by atoms with E-state index in [9.17, 15) is 22.8 Å². The Kier molecular flexibility index (Phi) is 7.46. The predicted octanol–water partition coefficient (Wildman–Crippen LogP) is 1.01. The van der Waals surface area contributed by atoms with E-state index < -0.39 is 40.6 Å². The van der Waals surface area contributed by atoms with E-state index in [2.05, 4.69) is 10.0 Å². The molecule has 0 aromatic heterocycles. The molecular weight excluding hydrogens is 398 g/mol. The number of sulfonamides is 1. The van der Waals surface area contributed by atoms with Crippen LogP contribution in [0, 0.1) is 6.92 Å².